The Morgan fingerprint density at radius 1 is 1.43 bits per heavy atom. The highest BCUT2D eigenvalue weighted by Gasteiger charge is 2.08. The maximum atomic E-state index is 12.9. The van der Waals surface area contributed by atoms with E-state index in [1.165, 1.54) is 18.5 Å². The fourth-order valence-corrected chi connectivity index (χ4v) is 1.18. The van der Waals surface area contributed by atoms with Gasteiger partial charge in [-0.25, -0.2) is 9.37 Å². The molecule has 0 aliphatic carbocycles. The minimum absolute atomic E-state index is 0.332. The summed E-state index contributed by atoms with van der Waals surface area (Å²) < 4.78 is 18.0. The third-order valence-electron chi connectivity index (χ3n) is 1.79. The SMILES string of the molecule is C#Cc1ncoc1-c1cccc(F)c1. The first-order valence-corrected chi connectivity index (χ1v) is 3.97. The molecule has 0 aliphatic heterocycles. The monoisotopic (exact) mass is 187 g/mol. The Hall–Kier alpha value is -2.08. The molecule has 2 aromatic rings. The average Bonchev–Trinajstić information content (AvgIpc) is 2.65. The minimum atomic E-state index is -0.332. The highest BCUT2D eigenvalue weighted by Crippen LogP contribution is 2.22. The van der Waals surface area contributed by atoms with E-state index in [1.807, 2.05) is 0 Å². The maximum absolute atomic E-state index is 12.9. The first-order chi connectivity index (χ1) is 6.81. The van der Waals surface area contributed by atoms with Crippen molar-refractivity contribution in [2.24, 2.45) is 0 Å². The number of hydrogen-bond acceptors (Lipinski definition) is 2. The van der Waals surface area contributed by atoms with Crippen LogP contribution < -0.4 is 0 Å². The van der Waals surface area contributed by atoms with Crippen LogP contribution in [0.5, 0.6) is 0 Å². The fraction of sp³-hybridized carbons (Fsp3) is 0. The van der Waals surface area contributed by atoms with Gasteiger partial charge in [-0.2, -0.15) is 0 Å². The van der Waals surface area contributed by atoms with Crippen molar-refractivity contribution in [3.8, 4) is 23.7 Å². The van der Waals surface area contributed by atoms with Crippen LogP contribution in [-0.4, -0.2) is 4.98 Å². The third kappa shape index (κ3) is 1.38. The predicted molar refractivity (Wildman–Crippen MR) is 49.8 cm³/mol. The molecule has 0 spiro atoms. The first-order valence-electron chi connectivity index (χ1n) is 3.97. The van der Waals surface area contributed by atoms with Crippen LogP contribution in [0, 0.1) is 18.2 Å². The molecule has 0 amide bonds. The lowest BCUT2D eigenvalue weighted by Gasteiger charge is -1.96. The van der Waals surface area contributed by atoms with E-state index < -0.39 is 0 Å². The molecule has 0 atom stereocenters. The molecule has 0 unspecified atom stereocenters. The van der Waals surface area contributed by atoms with Gasteiger partial charge in [0.05, 0.1) is 0 Å². The first kappa shape index (κ1) is 8.52. The summed E-state index contributed by atoms with van der Waals surface area (Å²) in [6.07, 6.45) is 6.45. The van der Waals surface area contributed by atoms with Crippen LogP contribution in [0.15, 0.2) is 35.1 Å². The van der Waals surface area contributed by atoms with Crippen LogP contribution in [0.25, 0.3) is 11.3 Å². The average molecular weight is 187 g/mol. The molecule has 2 rings (SSSR count). The van der Waals surface area contributed by atoms with Crippen molar-refractivity contribution in [3.05, 3.63) is 42.2 Å². The molecule has 1 aromatic heterocycles. The Kier molecular flexibility index (Phi) is 2.04. The van der Waals surface area contributed by atoms with Gasteiger partial charge in [0, 0.05) is 5.56 Å². The largest absolute Gasteiger partial charge is 0.442 e. The number of rotatable bonds is 1. The maximum Gasteiger partial charge on any atom is 0.182 e. The summed E-state index contributed by atoms with van der Waals surface area (Å²) in [5.74, 6) is 2.46. The number of benzene rings is 1. The molecule has 0 fully saturated rings. The Labute approximate surface area is 80.4 Å². The van der Waals surface area contributed by atoms with Gasteiger partial charge in [-0.3, -0.25) is 0 Å². The zero-order valence-electron chi connectivity index (χ0n) is 7.20. The fourth-order valence-electron chi connectivity index (χ4n) is 1.18. The van der Waals surface area contributed by atoms with E-state index in [9.17, 15) is 4.39 Å². The van der Waals surface area contributed by atoms with Gasteiger partial charge in [-0.1, -0.05) is 12.1 Å². The van der Waals surface area contributed by atoms with Crippen molar-refractivity contribution in [2.45, 2.75) is 0 Å². The van der Waals surface area contributed by atoms with Gasteiger partial charge >= 0.3 is 0 Å². The summed E-state index contributed by atoms with van der Waals surface area (Å²) in [7, 11) is 0. The van der Waals surface area contributed by atoms with E-state index >= 15 is 0 Å². The predicted octanol–water partition coefficient (Wildman–Crippen LogP) is 2.46. The van der Waals surface area contributed by atoms with E-state index in [0.717, 1.165) is 0 Å². The normalized spacial score (nSPS) is 9.71. The van der Waals surface area contributed by atoms with Crippen LogP contribution in [0.3, 0.4) is 0 Å². The summed E-state index contributed by atoms with van der Waals surface area (Å²) in [4.78, 5) is 3.82. The number of aromatic nitrogens is 1. The molecule has 0 saturated heterocycles. The van der Waals surface area contributed by atoms with Crippen LogP contribution in [0.2, 0.25) is 0 Å². The van der Waals surface area contributed by atoms with Crippen molar-refractivity contribution in [3.63, 3.8) is 0 Å². The van der Waals surface area contributed by atoms with Crippen LogP contribution in [-0.2, 0) is 0 Å². The van der Waals surface area contributed by atoms with Gasteiger partial charge in [0.25, 0.3) is 0 Å². The summed E-state index contributed by atoms with van der Waals surface area (Å²) in [5.41, 5.74) is 0.978. The topological polar surface area (TPSA) is 26.0 Å². The summed E-state index contributed by atoms with van der Waals surface area (Å²) in [5, 5.41) is 0. The van der Waals surface area contributed by atoms with E-state index in [0.29, 0.717) is 17.0 Å². The molecule has 3 heteroatoms. The van der Waals surface area contributed by atoms with E-state index in [2.05, 4.69) is 10.9 Å². The van der Waals surface area contributed by atoms with Gasteiger partial charge < -0.3 is 4.42 Å². The Balaban J connectivity index is 2.56. The van der Waals surface area contributed by atoms with Gasteiger partial charge in [0.2, 0.25) is 0 Å². The summed E-state index contributed by atoms with van der Waals surface area (Å²) in [6, 6.07) is 6.01. The van der Waals surface area contributed by atoms with Crippen molar-refractivity contribution in [1.82, 2.24) is 4.98 Å². The van der Waals surface area contributed by atoms with Crippen molar-refractivity contribution in [1.29, 1.82) is 0 Å². The molecule has 0 radical (unpaired) electrons. The standard InChI is InChI=1S/C11H6FNO/c1-2-10-11(14-7-13-10)8-4-3-5-9(12)6-8/h1,3-7H. The Bertz CT molecular complexity index is 496. The molecule has 0 N–H and O–H groups in total. The number of terminal acetylenes is 1. The molecule has 1 heterocycles. The zero-order chi connectivity index (χ0) is 9.97. The molecule has 0 aliphatic rings. The van der Waals surface area contributed by atoms with Crippen molar-refractivity contribution in [2.75, 3.05) is 0 Å². The molecule has 0 saturated carbocycles. The van der Waals surface area contributed by atoms with Crippen LogP contribution in [0.4, 0.5) is 4.39 Å². The quantitative estimate of drug-likeness (QED) is 0.641. The van der Waals surface area contributed by atoms with Gasteiger partial charge in [-0.15, -0.1) is 6.42 Å². The van der Waals surface area contributed by atoms with Crippen LogP contribution in [0.1, 0.15) is 5.69 Å². The highest BCUT2D eigenvalue weighted by molar-refractivity contribution is 5.62. The lowest BCUT2D eigenvalue weighted by molar-refractivity contribution is 0.570. The third-order valence-corrected chi connectivity index (χ3v) is 1.79. The van der Waals surface area contributed by atoms with Gasteiger partial charge in [0.15, 0.2) is 17.8 Å². The van der Waals surface area contributed by atoms with E-state index in [-0.39, 0.29) is 5.82 Å². The number of oxazole rings is 1. The zero-order valence-corrected chi connectivity index (χ0v) is 7.20. The summed E-state index contributed by atoms with van der Waals surface area (Å²) in [6.45, 7) is 0. The molecule has 1 aromatic carbocycles. The van der Waals surface area contributed by atoms with Crippen molar-refractivity contribution < 1.29 is 8.81 Å². The van der Waals surface area contributed by atoms with E-state index in [1.54, 1.807) is 12.1 Å². The van der Waals surface area contributed by atoms with Crippen molar-refractivity contribution >= 4 is 0 Å². The number of halogens is 1. The van der Waals surface area contributed by atoms with Gasteiger partial charge in [0.1, 0.15) is 5.82 Å². The highest BCUT2D eigenvalue weighted by atomic mass is 19.1. The lowest BCUT2D eigenvalue weighted by atomic mass is 10.1. The molecule has 14 heavy (non-hydrogen) atoms. The van der Waals surface area contributed by atoms with Gasteiger partial charge in [-0.05, 0) is 18.1 Å². The van der Waals surface area contributed by atoms with Crippen LogP contribution >= 0.6 is 0 Å². The number of hydrogen-bond donors (Lipinski definition) is 0. The lowest BCUT2D eigenvalue weighted by Crippen LogP contribution is -1.81. The molecule has 2 nitrogen and oxygen atoms in total. The van der Waals surface area contributed by atoms with E-state index in [4.69, 9.17) is 10.8 Å². The second kappa shape index (κ2) is 3.35. The molecular weight excluding hydrogens is 181 g/mol. The molecule has 68 valence electrons. The second-order valence-electron chi connectivity index (χ2n) is 2.68. The minimum Gasteiger partial charge on any atom is -0.442 e. The summed E-state index contributed by atoms with van der Waals surface area (Å²) >= 11 is 0. The molecule has 0 bridgehead atoms. The number of nitrogens with zero attached hydrogens (tertiary/aromatic N) is 1. The second-order valence-corrected chi connectivity index (χ2v) is 2.68. The Morgan fingerprint density at radius 2 is 2.29 bits per heavy atom. The Morgan fingerprint density at radius 3 is 3.00 bits per heavy atom. The molecular formula is C11H6FNO. The smallest absolute Gasteiger partial charge is 0.182 e.